The van der Waals surface area contributed by atoms with E-state index in [1.807, 2.05) is 27.7 Å². The Balaban J connectivity index is 2.27. The molecule has 9 heteroatoms. The van der Waals surface area contributed by atoms with Crippen LogP contribution >= 0.6 is 46.4 Å². The first-order valence-electron chi connectivity index (χ1n) is 10.2. The second-order valence-corrected chi connectivity index (χ2v) is 9.52. The van der Waals surface area contributed by atoms with E-state index < -0.39 is 0 Å². The van der Waals surface area contributed by atoms with Crippen LogP contribution in [0.1, 0.15) is 53.4 Å². The third-order valence-electron chi connectivity index (χ3n) is 3.76. The van der Waals surface area contributed by atoms with E-state index in [2.05, 4.69) is 5.16 Å². The summed E-state index contributed by atoms with van der Waals surface area (Å²) in [6, 6.07) is 3.28. The van der Waals surface area contributed by atoms with Crippen LogP contribution < -0.4 is 9.47 Å². The molecule has 1 rings (SSSR count). The van der Waals surface area contributed by atoms with Crippen molar-refractivity contribution in [3.8, 4) is 11.5 Å². The second kappa shape index (κ2) is 15.1. The highest BCUT2D eigenvalue weighted by Gasteiger charge is 2.12. The van der Waals surface area contributed by atoms with Gasteiger partial charge in [0.1, 0.15) is 22.4 Å². The van der Waals surface area contributed by atoms with Gasteiger partial charge in [0, 0.05) is 18.7 Å². The van der Waals surface area contributed by atoms with Gasteiger partial charge < -0.3 is 19.0 Å². The lowest BCUT2D eigenvalue weighted by molar-refractivity contribution is -0.000918. The Morgan fingerprint density at radius 1 is 1.00 bits per heavy atom. The molecule has 0 amide bonds. The molecule has 0 aromatic heterocycles. The number of unbranched alkanes of at least 4 members (excludes halogenated alkanes) is 2. The number of benzene rings is 1. The molecule has 1 aromatic carbocycles. The van der Waals surface area contributed by atoms with Gasteiger partial charge in [0.25, 0.3) is 0 Å². The van der Waals surface area contributed by atoms with Crippen molar-refractivity contribution < 1.29 is 19.0 Å². The fourth-order valence-corrected chi connectivity index (χ4v) is 2.90. The number of oxime groups is 1. The van der Waals surface area contributed by atoms with Gasteiger partial charge in [-0.2, -0.15) is 0 Å². The summed E-state index contributed by atoms with van der Waals surface area (Å²) in [5.74, 6) is 0.953. The molecule has 0 aliphatic heterocycles. The Labute approximate surface area is 205 Å². The van der Waals surface area contributed by atoms with E-state index >= 15 is 0 Å². The van der Waals surface area contributed by atoms with Gasteiger partial charge in [-0.3, -0.25) is 0 Å². The van der Waals surface area contributed by atoms with Crippen molar-refractivity contribution in [3.63, 3.8) is 0 Å². The number of hydrogen-bond donors (Lipinski definition) is 0. The van der Waals surface area contributed by atoms with Gasteiger partial charge in [-0.05, 0) is 52.5 Å². The highest BCUT2D eigenvalue weighted by atomic mass is 35.5. The van der Waals surface area contributed by atoms with Crippen LogP contribution in [0.2, 0.25) is 10.0 Å². The zero-order valence-electron chi connectivity index (χ0n) is 18.5. The standard InChI is InChI=1S/C22H31Cl4NO4/c1-5-16(27-31-22(2,3)4)15-28-10-7-6-8-11-30-21-18(23)13-17(14-19(21)24)29-12-9-20(25)26/h9,13-14H,5-8,10-12,15H2,1-4H3. The summed E-state index contributed by atoms with van der Waals surface area (Å²) in [6.45, 7) is 9.79. The molecule has 0 radical (unpaired) electrons. The third kappa shape index (κ3) is 13.3. The molecular weight excluding hydrogens is 484 g/mol. The number of hydrogen-bond acceptors (Lipinski definition) is 5. The second-order valence-electron chi connectivity index (χ2n) is 7.70. The Bertz CT molecular complexity index is 706. The van der Waals surface area contributed by atoms with Crippen molar-refractivity contribution in [1.29, 1.82) is 0 Å². The number of ether oxygens (including phenoxy) is 3. The summed E-state index contributed by atoms with van der Waals surface area (Å²) >= 11 is 23.6. The molecule has 0 aliphatic rings. The molecule has 5 nitrogen and oxygen atoms in total. The number of nitrogens with zero attached hydrogens (tertiary/aromatic N) is 1. The Morgan fingerprint density at radius 2 is 1.65 bits per heavy atom. The zero-order chi connectivity index (χ0) is 23.3. The molecule has 0 saturated carbocycles. The summed E-state index contributed by atoms with van der Waals surface area (Å²) in [7, 11) is 0. The van der Waals surface area contributed by atoms with Gasteiger partial charge >= 0.3 is 0 Å². The maximum Gasteiger partial charge on any atom is 0.156 e. The van der Waals surface area contributed by atoms with Gasteiger partial charge in [-0.15, -0.1) is 0 Å². The van der Waals surface area contributed by atoms with E-state index in [0.717, 1.165) is 31.4 Å². The van der Waals surface area contributed by atoms with Crippen LogP contribution in [0.3, 0.4) is 0 Å². The zero-order valence-corrected chi connectivity index (χ0v) is 21.5. The number of halogens is 4. The lowest BCUT2D eigenvalue weighted by Crippen LogP contribution is -2.18. The minimum atomic E-state index is -0.296. The van der Waals surface area contributed by atoms with Crippen LogP contribution in [-0.4, -0.2) is 37.7 Å². The summed E-state index contributed by atoms with van der Waals surface area (Å²) < 4.78 is 17.0. The Kier molecular flexibility index (Phi) is 13.7. The van der Waals surface area contributed by atoms with E-state index in [1.165, 1.54) is 6.08 Å². The lowest BCUT2D eigenvalue weighted by atomic mass is 10.2. The van der Waals surface area contributed by atoms with Crippen molar-refractivity contribution in [2.24, 2.45) is 5.16 Å². The largest absolute Gasteiger partial charge is 0.490 e. The average molecular weight is 515 g/mol. The average Bonchev–Trinajstić information content (AvgIpc) is 2.66. The SMILES string of the molecule is CCC(COCCCCCOc1c(Cl)cc(OCC=C(Cl)Cl)cc1Cl)=NOC(C)(C)C. The van der Waals surface area contributed by atoms with Crippen molar-refractivity contribution in [1.82, 2.24) is 0 Å². The minimum Gasteiger partial charge on any atom is -0.490 e. The monoisotopic (exact) mass is 513 g/mol. The van der Waals surface area contributed by atoms with Crippen molar-refractivity contribution in [2.45, 2.75) is 59.0 Å². The highest BCUT2D eigenvalue weighted by molar-refractivity contribution is 6.55. The third-order valence-corrected chi connectivity index (χ3v) is 4.63. The van der Waals surface area contributed by atoms with E-state index in [1.54, 1.807) is 12.1 Å². The molecule has 0 saturated heterocycles. The smallest absolute Gasteiger partial charge is 0.156 e. The van der Waals surface area contributed by atoms with Gasteiger partial charge in [0.2, 0.25) is 0 Å². The fourth-order valence-electron chi connectivity index (χ4n) is 2.20. The van der Waals surface area contributed by atoms with Crippen LogP contribution in [0.15, 0.2) is 27.9 Å². The molecule has 0 N–H and O–H groups in total. The van der Waals surface area contributed by atoms with Gasteiger partial charge in [-0.25, -0.2) is 0 Å². The summed E-state index contributed by atoms with van der Waals surface area (Å²) in [6.07, 6.45) is 5.06. The van der Waals surface area contributed by atoms with E-state index in [9.17, 15) is 0 Å². The molecule has 0 aliphatic carbocycles. The minimum absolute atomic E-state index is 0.135. The Hall–Kier alpha value is -0.850. The highest BCUT2D eigenvalue weighted by Crippen LogP contribution is 2.37. The van der Waals surface area contributed by atoms with Crippen LogP contribution in [0.5, 0.6) is 11.5 Å². The molecule has 0 fully saturated rings. The molecule has 0 heterocycles. The van der Waals surface area contributed by atoms with Crippen molar-refractivity contribution >= 4 is 52.1 Å². The summed E-state index contributed by atoms with van der Waals surface area (Å²) in [5, 5.41) is 4.93. The predicted molar refractivity (Wildman–Crippen MR) is 130 cm³/mol. The molecule has 0 spiro atoms. The van der Waals surface area contributed by atoms with Crippen molar-refractivity contribution in [2.75, 3.05) is 26.4 Å². The summed E-state index contributed by atoms with van der Waals surface area (Å²) in [4.78, 5) is 5.44. The van der Waals surface area contributed by atoms with Gasteiger partial charge in [0.05, 0.1) is 29.0 Å². The van der Waals surface area contributed by atoms with Crippen LogP contribution in [0.4, 0.5) is 0 Å². The maximum absolute atomic E-state index is 6.26. The molecule has 176 valence electrons. The van der Waals surface area contributed by atoms with Crippen LogP contribution in [0.25, 0.3) is 0 Å². The first kappa shape index (κ1) is 28.2. The molecule has 0 unspecified atom stereocenters. The molecule has 1 aromatic rings. The Morgan fingerprint density at radius 3 is 2.23 bits per heavy atom. The normalized spacial score (nSPS) is 11.9. The molecule has 0 bridgehead atoms. The predicted octanol–water partition coefficient (Wildman–Crippen LogP) is 7.84. The van der Waals surface area contributed by atoms with Crippen LogP contribution in [-0.2, 0) is 9.57 Å². The summed E-state index contributed by atoms with van der Waals surface area (Å²) in [5.41, 5.74) is 0.604. The maximum atomic E-state index is 6.26. The molecule has 0 atom stereocenters. The van der Waals surface area contributed by atoms with Gasteiger partial charge in [-0.1, -0.05) is 58.5 Å². The van der Waals surface area contributed by atoms with E-state index in [-0.39, 0.29) is 16.7 Å². The first-order chi connectivity index (χ1) is 14.6. The lowest BCUT2D eigenvalue weighted by Gasteiger charge is -2.16. The van der Waals surface area contributed by atoms with E-state index in [4.69, 9.17) is 65.5 Å². The molecule has 31 heavy (non-hydrogen) atoms. The quantitative estimate of drug-likeness (QED) is 0.144. The van der Waals surface area contributed by atoms with Crippen LogP contribution in [0, 0.1) is 0 Å². The van der Waals surface area contributed by atoms with E-state index in [0.29, 0.717) is 41.4 Å². The number of rotatable bonds is 14. The molecular formula is C22H31Cl4NO4. The first-order valence-corrected chi connectivity index (χ1v) is 11.7. The van der Waals surface area contributed by atoms with Gasteiger partial charge in [0.15, 0.2) is 5.75 Å². The fraction of sp³-hybridized carbons (Fsp3) is 0.591. The van der Waals surface area contributed by atoms with Crippen molar-refractivity contribution in [3.05, 3.63) is 32.7 Å². The topological polar surface area (TPSA) is 49.3 Å².